The Hall–Kier alpha value is -0.540. The second-order valence-corrected chi connectivity index (χ2v) is 5.82. The number of rotatable bonds is 6. The Bertz CT molecular complexity index is 352. The molecule has 0 aliphatic rings. The van der Waals surface area contributed by atoms with Gasteiger partial charge < -0.3 is 5.73 Å². The van der Waals surface area contributed by atoms with Crippen LogP contribution in [0.25, 0.3) is 0 Å². The van der Waals surface area contributed by atoms with Crippen molar-refractivity contribution in [2.45, 2.75) is 44.6 Å². The molecular weight excluding hydrogens is 233 g/mol. The highest BCUT2D eigenvalue weighted by Crippen LogP contribution is 2.27. The molecule has 0 aliphatic carbocycles. The summed E-state index contributed by atoms with van der Waals surface area (Å²) in [5.74, 6) is 1.59. The number of nitrogens with two attached hydrogens (primary N) is 1. The monoisotopic (exact) mass is 255 g/mol. The van der Waals surface area contributed by atoms with E-state index < -0.39 is 0 Å². The number of thioether (sulfide) groups is 1. The minimum Gasteiger partial charge on any atom is -0.328 e. The Morgan fingerprint density at radius 3 is 2.65 bits per heavy atom. The molecular formula is C14H22FNS. The smallest absolute Gasteiger partial charge is 0.123 e. The Labute approximate surface area is 108 Å². The second-order valence-electron chi connectivity index (χ2n) is 4.76. The maximum atomic E-state index is 13.2. The molecule has 2 unspecified atom stereocenters. The minimum absolute atomic E-state index is 0.0692. The normalized spacial score (nSPS) is 14.6. The van der Waals surface area contributed by atoms with E-state index in [-0.39, 0.29) is 11.9 Å². The summed E-state index contributed by atoms with van der Waals surface area (Å²) in [6.45, 7) is 6.38. The number of hydrogen-bond acceptors (Lipinski definition) is 2. The van der Waals surface area contributed by atoms with E-state index in [0.717, 1.165) is 17.7 Å². The largest absolute Gasteiger partial charge is 0.328 e. The molecule has 0 fully saturated rings. The zero-order chi connectivity index (χ0) is 12.8. The number of hydrogen-bond donors (Lipinski definition) is 1. The Balaban J connectivity index is 2.75. The van der Waals surface area contributed by atoms with E-state index in [9.17, 15) is 4.39 Å². The topological polar surface area (TPSA) is 26.0 Å². The van der Waals surface area contributed by atoms with Crippen LogP contribution in [0.3, 0.4) is 0 Å². The summed E-state index contributed by atoms with van der Waals surface area (Å²) in [4.78, 5) is 1.17. The lowest BCUT2D eigenvalue weighted by Crippen LogP contribution is -2.18. The van der Waals surface area contributed by atoms with E-state index in [4.69, 9.17) is 5.73 Å². The maximum absolute atomic E-state index is 13.2. The molecule has 0 bridgehead atoms. The second kappa shape index (κ2) is 7.02. The zero-order valence-electron chi connectivity index (χ0n) is 10.9. The molecule has 0 spiro atoms. The van der Waals surface area contributed by atoms with E-state index in [2.05, 4.69) is 13.8 Å². The Kier molecular flexibility index (Phi) is 6.00. The molecule has 0 aliphatic heterocycles. The maximum Gasteiger partial charge on any atom is 0.123 e. The lowest BCUT2D eigenvalue weighted by molar-refractivity contribution is 0.619. The van der Waals surface area contributed by atoms with Crippen molar-refractivity contribution >= 4 is 11.8 Å². The fourth-order valence-electron chi connectivity index (χ4n) is 1.55. The summed E-state index contributed by atoms with van der Waals surface area (Å²) < 4.78 is 13.2. The standard InChI is InChI=1S/C14H22FNS/c1-4-10(2)9-17-14-6-5-13(15)8-12(14)7-11(3)16/h5-6,8,10-11H,4,7,9,16H2,1-3H3. The molecule has 2 atom stereocenters. The van der Waals surface area contributed by atoms with E-state index in [1.807, 2.05) is 24.8 Å². The highest BCUT2D eigenvalue weighted by molar-refractivity contribution is 7.99. The SMILES string of the molecule is CCC(C)CSc1ccc(F)cc1CC(C)N. The van der Waals surface area contributed by atoms with Crippen LogP contribution >= 0.6 is 11.8 Å². The van der Waals surface area contributed by atoms with Crippen molar-refractivity contribution in [2.75, 3.05) is 5.75 Å². The number of benzene rings is 1. The molecule has 2 N–H and O–H groups in total. The average Bonchev–Trinajstić information content (AvgIpc) is 2.26. The summed E-state index contributed by atoms with van der Waals surface area (Å²) in [7, 11) is 0. The van der Waals surface area contributed by atoms with Gasteiger partial charge in [0, 0.05) is 16.7 Å². The van der Waals surface area contributed by atoms with Gasteiger partial charge in [-0.05, 0) is 43.0 Å². The molecule has 0 saturated carbocycles. The van der Waals surface area contributed by atoms with Crippen molar-refractivity contribution in [3.63, 3.8) is 0 Å². The first kappa shape index (κ1) is 14.5. The molecule has 0 aromatic heterocycles. The van der Waals surface area contributed by atoms with Crippen LogP contribution in [0.1, 0.15) is 32.8 Å². The predicted molar refractivity (Wildman–Crippen MR) is 73.9 cm³/mol. The molecule has 3 heteroatoms. The van der Waals surface area contributed by atoms with Crippen LogP contribution in [0.2, 0.25) is 0 Å². The van der Waals surface area contributed by atoms with E-state index in [0.29, 0.717) is 5.92 Å². The van der Waals surface area contributed by atoms with Gasteiger partial charge in [-0.25, -0.2) is 4.39 Å². The molecule has 96 valence electrons. The lowest BCUT2D eigenvalue weighted by atomic mass is 10.1. The van der Waals surface area contributed by atoms with Crippen LogP contribution in [-0.2, 0) is 6.42 Å². The molecule has 1 aromatic carbocycles. The van der Waals surface area contributed by atoms with Crippen LogP contribution in [-0.4, -0.2) is 11.8 Å². The lowest BCUT2D eigenvalue weighted by Gasteiger charge is -2.13. The molecule has 0 saturated heterocycles. The van der Waals surface area contributed by atoms with Gasteiger partial charge in [-0.1, -0.05) is 20.3 Å². The summed E-state index contributed by atoms with van der Waals surface area (Å²) in [6, 6.07) is 5.09. The van der Waals surface area contributed by atoms with Gasteiger partial charge in [0.15, 0.2) is 0 Å². The van der Waals surface area contributed by atoms with Crippen LogP contribution in [0.5, 0.6) is 0 Å². The van der Waals surface area contributed by atoms with Gasteiger partial charge in [0.05, 0.1) is 0 Å². The van der Waals surface area contributed by atoms with Crippen LogP contribution in [0.15, 0.2) is 23.1 Å². The fourth-order valence-corrected chi connectivity index (χ4v) is 2.74. The highest BCUT2D eigenvalue weighted by atomic mass is 32.2. The first-order chi connectivity index (χ1) is 8.02. The first-order valence-corrected chi connectivity index (χ1v) is 7.18. The van der Waals surface area contributed by atoms with Crippen LogP contribution in [0.4, 0.5) is 4.39 Å². The van der Waals surface area contributed by atoms with Gasteiger partial charge in [-0.3, -0.25) is 0 Å². The number of halogens is 1. The fraction of sp³-hybridized carbons (Fsp3) is 0.571. The first-order valence-electron chi connectivity index (χ1n) is 6.19. The van der Waals surface area contributed by atoms with Crippen molar-refractivity contribution in [1.29, 1.82) is 0 Å². The molecule has 0 heterocycles. The van der Waals surface area contributed by atoms with Crippen molar-refractivity contribution in [2.24, 2.45) is 11.7 Å². The molecule has 1 aromatic rings. The van der Waals surface area contributed by atoms with Crippen molar-refractivity contribution in [1.82, 2.24) is 0 Å². The van der Waals surface area contributed by atoms with Crippen molar-refractivity contribution in [3.8, 4) is 0 Å². The van der Waals surface area contributed by atoms with Gasteiger partial charge in [0.25, 0.3) is 0 Å². The Morgan fingerprint density at radius 1 is 1.35 bits per heavy atom. The summed E-state index contributed by atoms with van der Waals surface area (Å²) in [6.07, 6.45) is 1.91. The van der Waals surface area contributed by atoms with Gasteiger partial charge in [-0.15, -0.1) is 11.8 Å². The molecule has 1 nitrogen and oxygen atoms in total. The molecule has 0 radical (unpaired) electrons. The molecule has 1 rings (SSSR count). The van der Waals surface area contributed by atoms with Crippen LogP contribution in [0, 0.1) is 11.7 Å². The third-order valence-electron chi connectivity index (χ3n) is 2.78. The van der Waals surface area contributed by atoms with Gasteiger partial charge in [0.2, 0.25) is 0 Å². The van der Waals surface area contributed by atoms with E-state index in [1.165, 1.54) is 17.4 Å². The third-order valence-corrected chi connectivity index (χ3v) is 4.23. The summed E-state index contributed by atoms with van der Waals surface area (Å²) in [5, 5.41) is 0. The third kappa shape index (κ3) is 5.09. The quantitative estimate of drug-likeness (QED) is 0.781. The zero-order valence-corrected chi connectivity index (χ0v) is 11.7. The van der Waals surface area contributed by atoms with Gasteiger partial charge in [0.1, 0.15) is 5.82 Å². The average molecular weight is 255 g/mol. The highest BCUT2D eigenvalue weighted by Gasteiger charge is 2.08. The van der Waals surface area contributed by atoms with Crippen molar-refractivity contribution in [3.05, 3.63) is 29.6 Å². The van der Waals surface area contributed by atoms with Crippen molar-refractivity contribution < 1.29 is 4.39 Å². The van der Waals surface area contributed by atoms with E-state index >= 15 is 0 Å². The summed E-state index contributed by atoms with van der Waals surface area (Å²) in [5.41, 5.74) is 6.83. The minimum atomic E-state index is -0.173. The molecule has 17 heavy (non-hydrogen) atoms. The van der Waals surface area contributed by atoms with Gasteiger partial charge in [-0.2, -0.15) is 0 Å². The van der Waals surface area contributed by atoms with E-state index in [1.54, 1.807) is 6.07 Å². The van der Waals surface area contributed by atoms with Crippen LogP contribution < -0.4 is 5.73 Å². The Morgan fingerprint density at radius 2 is 2.06 bits per heavy atom. The predicted octanol–water partition coefficient (Wildman–Crippen LogP) is 3.85. The molecule has 0 amide bonds. The van der Waals surface area contributed by atoms with Gasteiger partial charge >= 0.3 is 0 Å². The summed E-state index contributed by atoms with van der Waals surface area (Å²) >= 11 is 1.81.